The Hall–Kier alpha value is 1.24. The van der Waals surface area contributed by atoms with Crippen LogP contribution in [0, 0.1) is 19.9 Å². The quantitative estimate of drug-likeness (QED) is 0.631. The normalized spacial score (nSPS) is 8.08. The first-order valence-corrected chi connectivity index (χ1v) is 11.6. The fourth-order valence-electron chi connectivity index (χ4n) is 0.839. The van der Waals surface area contributed by atoms with Crippen molar-refractivity contribution >= 4 is 53.4 Å². The van der Waals surface area contributed by atoms with Crippen molar-refractivity contribution in [1.29, 1.82) is 0 Å². The molecule has 1 radical (unpaired) electrons. The SMILES string of the molecule is Cc1[c]c(C)cc(Cl)c1.[Br][Mg][Br]. The highest BCUT2D eigenvalue weighted by molar-refractivity contribution is 9.47. The predicted molar refractivity (Wildman–Crippen MR) is 63.4 cm³/mol. The van der Waals surface area contributed by atoms with E-state index in [0.29, 0.717) is 0 Å². The molecule has 0 heterocycles. The van der Waals surface area contributed by atoms with Crippen molar-refractivity contribution in [1.82, 2.24) is 0 Å². The molecule has 0 spiro atoms. The van der Waals surface area contributed by atoms with Gasteiger partial charge in [0.2, 0.25) is 0 Å². The number of benzene rings is 1. The fourth-order valence-corrected chi connectivity index (χ4v) is 1.17. The molecule has 0 aliphatic rings. The number of aryl methyl sites for hydroxylation is 2. The second-order valence-corrected chi connectivity index (χ2v) is 10.8. The maximum absolute atomic E-state index is 5.73. The summed E-state index contributed by atoms with van der Waals surface area (Å²) in [4.78, 5) is 0. The molecule has 0 nitrogen and oxygen atoms in total. The summed E-state index contributed by atoms with van der Waals surface area (Å²) in [5.41, 5.74) is 2.19. The van der Waals surface area contributed by atoms with E-state index in [2.05, 4.69) is 31.8 Å². The summed E-state index contributed by atoms with van der Waals surface area (Å²) in [6.07, 6.45) is 0. The van der Waals surface area contributed by atoms with E-state index < -0.39 is 0 Å². The number of hydrogen-bond acceptors (Lipinski definition) is 0. The zero-order valence-corrected chi connectivity index (χ0v) is 12.3. The van der Waals surface area contributed by atoms with Crippen molar-refractivity contribution in [2.75, 3.05) is 0 Å². The van der Waals surface area contributed by atoms with Crippen molar-refractivity contribution in [3.05, 3.63) is 34.3 Å². The molecule has 0 aliphatic heterocycles. The number of halogens is 3. The topological polar surface area (TPSA) is 0 Å². The lowest BCUT2D eigenvalue weighted by molar-refractivity contribution is 1.37. The van der Waals surface area contributed by atoms with Gasteiger partial charge < -0.3 is 0 Å². The lowest BCUT2D eigenvalue weighted by Crippen LogP contribution is -1.75. The minimum Gasteiger partial charge on any atom is -0.280 e. The van der Waals surface area contributed by atoms with Crippen molar-refractivity contribution in [3.8, 4) is 0 Å². The molecule has 0 aliphatic carbocycles. The van der Waals surface area contributed by atoms with Gasteiger partial charge in [0.1, 0.15) is 0 Å². The van der Waals surface area contributed by atoms with Gasteiger partial charge in [0, 0.05) is 5.02 Å². The van der Waals surface area contributed by atoms with Crippen LogP contribution in [0.1, 0.15) is 11.1 Å². The largest absolute Gasteiger partial charge is 0.560 e. The van der Waals surface area contributed by atoms with E-state index in [1.807, 2.05) is 26.0 Å². The Kier molecular flexibility index (Phi) is 8.41. The van der Waals surface area contributed by atoms with Crippen LogP contribution < -0.4 is 0 Å². The lowest BCUT2D eigenvalue weighted by Gasteiger charge is -1.94. The maximum atomic E-state index is 5.73. The highest BCUT2D eigenvalue weighted by Crippen LogP contribution is 2.12. The van der Waals surface area contributed by atoms with E-state index in [0.717, 1.165) is 16.1 Å². The molecule has 0 fully saturated rings. The van der Waals surface area contributed by atoms with Crippen molar-refractivity contribution in [2.24, 2.45) is 0 Å². The van der Waals surface area contributed by atoms with Gasteiger partial charge in [0.15, 0.2) is 0 Å². The average molecular weight is 324 g/mol. The molecule has 0 aromatic heterocycles. The van der Waals surface area contributed by atoms with Crippen LogP contribution in [0.3, 0.4) is 0 Å². The van der Waals surface area contributed by atoms with E-state index in [9.17, 15) is 0 Å². The van der Waals surface area contributed by atoms with E-state index in [-0.39, 0.29) is 16.0 Å². The Morgan fingerprint density at radius 3 is 1.83 bits per heavy atom. The third-order valence-electron chi connectivity index (χ3n) is 1.10. The monoisotopic (exact) mass is 321 g/mol. The molecule has 0 saturated carbocycles. The molecule has 1 aromatic rings. The van der Waals surface area contributed by atoms with Crippen LogP contribution in [0.25, 0.3) is 0 Å². The smallest absolute Gasteiger partial charge is 0.280 e. The van der Waals surface area contributed by atoms with Crippen LogP contribution in [0.2, 0.25) is 5.02 Å². The summed E-state index contributed by atoms with van der Waals surface area (Å²) in [5.74, 6) is 0. The van der Waals surface area contributed by atoms with Crippen molar-refractivity contribution in [2.45, 2.75) is 13.8 Å². The number of rotatable bonds is 0. The molecule has 1 aromatic carbocycles. The van der Waals surface area contributed by atoms with Crippen LogP contribution in [0.15, 0.2) is 12.1 Å². The summed E-state index contributed by atoms with van der Waals surface area (Å²) in [6, 6.07) is 6.92. The van der Waals surface area contributed by atoms with Crippen LogP contribution in [0.4, 0.5) is 0 Å². The van der Waals surface area contributed by atoms with Gasteiger partial charge in [-0.15, -0.1) is 0 Å². The van der Waals surface area contributed by atoms with Gasteiger partial charge >= 0.3 is 16.0 Å². The Morgan fingerprint density at radius 1 is 1.25 bits per heavy atom. The van der Waals surface area contributed by atoms with E-state index in [1.165, 1.54) is 0 Å². The first-order chi connectivity index (χ1) is 5.60. The molecular formula is C8H8Br2ClMg. The molecule has 0 unspecified atom stereocenters. The molecule has 12 heavy (non-hydrogen) atoms. The standard InChI is InChI=1S/C8H8Cl.2BrH.Mg/c1-6-3-7(2)5-8(9)4-6;;;/h4-5H,1-2H3;2*1H;/q;;;+2/p-2. The highest BCUT2D eigenvalue weighted by atomic mass is 79.9. The summed E-state index contributed by atoms with van der Waals surface area (Å²) >= 11 is 12.2. The Bertz CT molecular complexity index is 190. The molecule has 0 N–H and O–H groups in total. The fraction of sp³-hybridized carbons (Fsp3) is 0.250. The maximum Gasteiger partial charge on any atom is 0.560 e. The van der Waals surface area contributed by atoms with Gasteiger partial charge in [-0.05, 0) is 43.2 Å². The zero-order chi connectivity index (χ0) is 9.56. The Labute approximate surface area is 101 Å². The Morgan fingerprint density at radius 2 is 1.58 bits per heavy atom. The minimum atomic E-state index is 0.0417. The van der Waals surface area contributed by atoms with Crippen LogP contribution in [-0.2, 0) is 0 Å². The summed E-state index contributed by atoms with van der Waals surface area (Å²) in [5, 5.41) is 0.795. The van der Waals surface area contributed by atoms with E-state index >= 15 is 0 Å². The predicted octanol–water partition coefficient (Wildman–Crippen LogP) is 4.07. The molecule has 0 bridgehead atoms. The van der Waals surface area contributed by atoms with Gasteiger partial charge in [-0.1, -0.05) is 11.6 Å². The van der Waals surface area contributed by atoms with Gasteiger partial charge in [-0.2, -0.15) is 0 Å². The Balaban J connectivity index is 0.000000354. The third-order valence-corrected chi connectivity index (χ3v) is 1.32. The molecule has 63 valence electrons. The third kappa shape index (κ3) is 6.72. The second kappa shape index (κ2) is 7.62. The molecule has 0 atom stereocenters. The van der Waals surface area contributed by atoms with Gasteiger partial charge in [0.25, 0.3) is 0 Å². The zero-order valence-electron chi connectivity index (χ0n) is 7.00. The van der Waals surface area contributed by atoms with E-state index in [1.54, 1.807) is 0 Å². The van der Waals surface area contributed by atoms with Crippen molar-refractivity contribution in [3.63, 3.8) is 0 Å². The molecule has 0 amide bonds. The van der Waals surface area contributed by atoms with E-state index in [4.69, 9.17) is 11.6 Å². The van der Waals surface area contributed by atoms with Crippen molar-refractivity contribution < 1.29 is 0 Å². The molecule has 4 heteroatoms. The van der Waals surface area contributed by atoms with Gasteiger partial charge in [-0.3, -0.25) is 25.8 Å². The summed E-state index contributed by atoms with van der Waals surface area (Å²) in [6.45, 7) is 3.97. The molecule has 1 rings (SSSR count). The minimum absolute atomic E-state index is 0.0417. The average Bonchev–Trinajstić information content (AvgIpc) is 1.84. The highest BCUT2D eigenvalue weighted by Gasteiger charge is 1.90. The van der Waals surface area contributed by atoms with Crippen LogP contribution in [0.5, 0.6) is 0 Å². The summed E-state index contributed by atoms with van der Waals surface area (Å²) in [7, 11) is 0. The molecular weight excluding hydrogens is 316 g/mol. The summed E-state index contributed by atoms with van der Waals surface area (Å²) < 4.78 is 0. The van der Waals surface area contributed by atoms with Gasteiger partial charge in [-0.25, -0.2) is 0 Å². The van der Waals surface area contributed by atoms with Crippen LogP contribution >= 0.6 is 37.4 Å². The first-order valence-electron chi connectivity index (χ1n) is 3.38. The second-order valence-electron chi connectivity index (χ2n) is 2.27. The van der Waals surface area contributed by atoms with Gasteiger partial charge in [0.05, 0.1) is 0 Å². The number of hydrogen-bond donors (Lipinski definition) is 0. The van der Waals surface area contributed by atoms with Crippen LogP contribution in [-0.4, -0.2) is 16.0 Å². The lowest BCUT2D eigenvalue weighted by atomic mass is 10.2. The first kappa shape index (κ1) is 13.2. The molecule has 0 saturated heterocycles.